The van der Waals surface area contributed by atoms with Crippen molar-refractivity contribution in [1.82, 2.24) is 4.90 Å². The fraction of sp³-hybridized carbons (Fsp3) is 0.632. The molecule has 150 valence electrons. The van der Waals surface area contributed by atoms with Crippen LogP contribution >= 0.6 is 11.8 Å². The molecule has 1 fully saturated rings. The molecule has 3 atom stereocenters. The van der Waals surface area contributed by atoms with Crippen LogP contribution in [0.1, 0.15) is 24.5 Å². The molecule has 0 amide bonds. The zero-order valence-electron chi connectivity index (χ0n) is 15.4. The third kappa shape index (κ3) is 4.60. The quantitative estimate of drug-likeness (QED) is 0.556. The monoisotopic (exact) mass is 403 g/mol. The number of carbonyl (C=O) groups excluding carboxylic acids is 1. The summed E-state index contributed by atoms with van der Waals surface area (Å²) in [6.07, 6.45) is -0.825. The number of benzene rings is 1. The minimum atomic E-state index is -5.01. The van der Waals surface area contributed by atoms with Crippen LogP contribution in [0, 0.1) is 0 Å². The predicted molar refractivity (Wildman–Crippen MR) is 98.2 cm³/mol. The average molecular weight is 403 g/mol. The minimum Gasteiger partial charge on any atom is -0.420 e. The van der Waals surface area contributed by atoms with Gasteiger partial charge < -0.3 is 9.47 Å². The average Bonchev–Trinajstić information content (AvgIpc) is 2.60. The number of rotatable bonds is 5. The Kier molecular flexibility index (Phi) is 6.38. The molecule has 2 aliphatic rings. The molecule has 0 radical (unpaired) electrons. The van der Waals surface area contributed by atoms with Crippen molar-refractivity contribution in [2.24, 2.45) is 0 Å². The lowest BCUT2D eigenvalue weighted by atomic mass is 9.83. The van der Waals surface area contributed by atoms with E-state index in [4.69, 9.17) is 4.74 Å². The molecule has 0 bridgehead atoms. The lowest BCUT2D eigenvalue weighted by molar-refractivity contribution is -0.189. The zero-order chi connectivity index (χ0) is 19.6. The number of morpholine rings is 1. The molecule has 1 saturated heterocycles. The van der Waals surface area contributed by atoms with Gasteiger partial charge in [0.15, 0.2) is 0 Å². The van der Waals surface area contributed by atoms with Crippen molar-refractivity contribution < 1.29 is 27.4 Å². The van der Waals surface area contributed by atoms with Crippen molar-refractivity contribution in [2.75, 3.05) is 25.1 Å². The van der Waals surface area contributed by atoms with Crippen molar-refractivity contribution >= 4 is 17.7 Å². The molecule has 4 nitrogen and oxygen atoms in total. The van der Waals surface area contributed by atoms with E-state index in [0.717, 1.165) is 30.8 Å². The van der Waals surface area contributed by atoms with E-state index < -0.39 is 12.1 Å². The highest BCUT2D eigenvalue weighted by Crippen LogP contribution is 2.36. The van der Waals surface area contributed by atoms with E-state index in [-0.39, 0.29) is 24.0 Å². The van der Waals surface area contributed by atoms with E-state index in [9.17, 15) is 18.0 Å². The first-order valence-electron chi connectivity index (χ1n) is 9.11. The van der Waals surface area contributed by atoms with Crippen LogP contribution in [0.2, 0.25) is 0 Å². The summed E-state index contributed by atoms with van der Waals surface area (Å²) in [5.41, 5.74) is 1.58. The van der Waals surface area contributed by atoms with Crippen molar-refractivity contribution in [3.63, 3.8) is 0 Å². The van der Waals surface area contributed by atoms with Gasteiger partial charge in [-0.3, -0.25) is 4.90 Å². The minimum absolute atomic E-state index is 0.00842. The van der Waals surface area contributed by atoms with Gasteiger partial charge >= 0.3 is 12.1 Å². The normalized spacial score (nSPS) is 25.6. The first-order valence-corrected chi connectivity index (χ1v) is 10.5. The molecule has 1 aliphatic heterocycles. The van der Waals surface area contributed by atoms with Gasteiger partial charge in [0.1, 0.15) is 5.75 Å². The Labute approximate surface area is 161 Å². The van der Waals surface area contributed by atoms with Crippen LogP contribution in [-0.2, 0) is 22.4 Å². The summed E-state index contributed by atoms with van der Waals surface area (Å²) in [7, 11) is 0. The molecular weight excluding hydrogens is 379 g/mol. The standard InChI is InChI=1S/C19H24F3NO3S/c1-3-7-23-10-13(11-27-2)25-17-9-14-12(8-15(17)23)5-4-6-16(14)26-18(24)19(20,21)22/h4-6,13,15,17H,3,7-11H2,1-2H3/t13-,15-,17-/m1/s1. The Hall–Kier alpha value is -1.25. The number of hydrogen-bond donors (Lipinski definition) is 0. The number of fused-ring (bicyclic) bond motifs is 2. The predicted octanol–water partition coefficient (Wildman–Crippen LogP) is 3.46. The van der Waals surface area contributed by atoms with E-state index in [2.05, 4.69) is 16.6 Å². The second-order valence-corrected chi connectivity index (χ2v) is 7.91. The number of ether oxygens (including phenoxy) is 2. The van der Waals surface area contributed by atoms with Crippen LogP contribution in [0.5, 0.6) is 5.75 Å². The molecule has 8 heteroatoms. The van der Waals surface area contributed by atoms with E-state index in [0.29, 0.717) is 18.4 Å². The Balaban J connectivity index is 1.85. The molecule has 27 heavy (non-hydrogen) atoms. The number of carbonyl (C=O) groups is 1. The van der Waals surface area contributed by atoms with Gasteiger partial charge in [0.05, 0.1) is 12.2 Å². The van der Waals surface area contributed by atoms with Gasteiger partial charge in [-0.15, -0.1) is 0 Å². The van der Waals surface area contributed by atoms with Gasteiger partial charge in [-0.1, -0.05) is 19.1 Å². The van der Waals surface area contributed by atoms with Gasteiger partial charge in [-0.2, -0.15) is 24.9 Å². The fourth-order valence-electron chi connectivity index (χ4n) is 3.99. The van der Waals surface area contributed by atoms with Crippen molar-refractivity contribution in [3.05, 3.63) is 29.3 Å². The lowest BCUT2D eigenvalue weighted by Gasteiger charge is -2.47. The highest BCUT2D eigenvalue weighted by Gasteiger charge is 2.43. The highest BCUT2D eigenvalue weighted by atomic mass is 32.2. The second kappa shape index (κ2) is 8.41. The summed E-state index contributed by atoms with van der Waals surface area (Å²) in [6, 6.07) is 5.16. The van der Waals surface area contributed by atoms with Gasteiger partial charge in [0.2, 0.25) is 0 Å². The molecule has 0 saturated carbocycles. The maximum atomic E-state index is 12.6. The summed E-state index contributed by atoms with van der Waals surface area (Å²) in [5, 5.41) is 0. The molecule has 0 aromatic heterocycles. The molecule has 1 aromatic rings. The summed E-state index contributed by atoms with van der Waals surface area (Å²) in [5.74, 6) is -1.32. The van der Waals surface area contributed by atoms with Crippen LogP contribution in [0.4, 0.5) is 13.2 Å². The Bertz CT molecular complexity index is 683. The summed E-state index contributed by atoms with van der Waals surface area (Å²) in [6.45, 7) is 3.97. The topological polar surface area (TPSA) is 38.8 Å². The first-order chi connectivity index (χ1) is 12.8. The van der Waals surface area contributed by atoms with Crippen LogP contribution < -0.4 is 4.74 Å². The number of thioether (sulfide) groups is 1. The van der Waals surface area contributed by atoms with Crippen LogP contribution in [0.3, 0.4) is 0 Å². The van der Waals surface area contributed by atoms with Gasteiger partial charge in [-0.05, 0) is 37.3 Å². The fourth-order valence-corrected chi connectivity index (χ4v) is 4.55. The molecule has 1 aromatic carbocycles. The lowest BCUT2D eigenvalue weighted by Crippen LogP contribution is -2.58. The van der Waals surface area contributed by atoms with Gasteiger partial charge in [0.25, 0.3) is 0 Å². The first kappa shape index (κ1) is 20.5. The van der Waals surface area contributed by atoms with Gasteiger partial charge in [-0.25, -0.2) is 4.79 Å². The van der Waals surface area contributed by atoms with Crippen molar-refractivity contribution in [3.8, 4) is 5.75 Å². The van der Waals surface area contributed by atoms with E-state index in [1.165, 1.54) is 6.07 Å². The third-order valence-corrected chi connectivity index (χ3v) is 5.77. The number of halogens is 3. The zero-order valence-corrected chi connectivity index (χ0v) is 16.2. The number of alkyl halides is 3. The summed E-state index contributed by atoms with van der Waals surface area (Å²) < 4.78 is 48.7. The number of hydrogen-bond acceptors (Lipinski definition) is 5. The number of esters is 1. The largest absolute Gasteiger partial charge is 0.491 e. The van der Waals surface area contributed by atoms with Crippen LogP contribution in [0.25, 0.3) is 0 Å². The molecule has 1 heterocycles. The summed E-state index contributed by atoms with van der Waals surface area (Å²) in [4.78, 5) is 13.7. The molecular formula is C19H24F3NO3S. The van der Waals surface area contributed by atoms with E-state index >= 15 is 0 Å². The molecule has 0 N–H and O–H groups in total. The Morgan fingerprint density at radius 1 is 1.37 bits per heavy atom. The van der Waals surface area contributed by atoms with E-state index in [1.807, 2.05) is 12.3 Å². The summed E-state index contributed by atoms with van der Waals surface area (Å²) >= 11 is 1.72. The maximum absolute atomic E-state index is 12.6. The van der Waals surface area contributed by atoms with E-state index in [1.54, 1.807) is 17.8 Å². The number of nitrogens with zero attached hydrogens (tertiary/aromatic N) is 1. The molecule has 3 rings (SSSR count). The van der Waals surface area contributed by atoms with Crippen LogP contribution in [-0.4, -0.2) is 60.4 Å². The maximum Gasteiger partial charge on any atom is 0.491 e. The molecule has 0 unspecified atom stereocenters. The Morgan fingerprint density at radius 2 is 2.15 bits per heavy atom. The third-order valence-electron chi connectivity index (χ3n) is 5.07. The van der Waals surface area contributed by atoms with Crippen molar-refractivity contribution in [1.29, 1.82) is 0 Å². The highest BCUT2D eigenvalue weighted by molar-refractivity contribution is 7.98. The molecule has 1 aliphatic carbocycles. The smallest absolute Gasteiger partial charge is 0.420 e. The van der Waals surface area contributed by atoms with Gasteiger partial charge in [0, 0.05) is 30.3 Å². The Morgan fingerprint density at radius 3 is 2.81 bits per heavy atom. The molecule has 0 spiro atoms. The van der Waals surface area contributed by atoms with Crippen molar-refractivity contribution in [2.45, 2.75) is 50.6 Å². The SMILES string of the molecule is CCCN1C[C@H](CSC)O[C@@H]2Cc3c(cccc3OC(=O)C(F)(F)F)C[C@H]21. The van der Waals surface area contributed by atoms with Crippen LogP contribution in [0.15, 0.2) is 18.2 Å². The second-order valence-electron chi connectivity index (χ2n) is 7.00.